The largest absolute Gasteiger partial charge is 0.456 e. The summed E-state index contributed by atoms with van der Waals surface area (Å²) in [6.45, 7) is 0. The van der Waals surface area contributed by atoms with Crippen molar-refractivity contribution >= 4 is 76.2 Å². The minimum atomic E-state index is 0.576. The van der Waals surface area contributed by atoms with Crippen LogP contribution in [-0.2, 0) is 0 Å². The van der Waals surface area contributed by atoms with E-state index in [1.165, 1.54) is 16.2 Å². The molecular formula is C51H29N3O2. The molecule has 0 aliphatic carbocycles. The second-order valence-electron chi connectivity index (χ2n) is 14.3. The third-order valence-corrected chi connectivity index (χ3v) is 11.1. The summed E-state index contributed by atoms with van der Waals surface area (Å²) in [5.41, 5.74) is 8.13. The van der Waals surface area contributed by atoms with Crippen LogP contribution in [0.2, 0.25) is 0 Å². The summed E-state index contributed by atoms with van der Waals surface area (Å²) in [7, 11) is 0. The minimum absolute atomic E-state index is 0.576. The fourth-order valence-corrected chi connectivity index (χ4v) is 8.53. The zero-order chi connectivity index (χ0) is 36.7. The fourth-order valence-electron chi connectivity index (χ4n) is 8.53. The Kier molecular flexibility index (Phi) is 6.56. The number of fused-ring (bicyclic) bond motifs is 11. The molecule has 260 valence electrons. The molecule has 0 aliphatic rings. The van der Waals surface area contributed by atoms with Crippen molar-refractivity contribution in [2.24, 2.45) is 0 Å². The highest BCUT2D eigenvalue weighted by Gasteiger charge is 2.23. The minimum Gasteiger partial charge on any atom is -0.456 e. The number of hydrogen-bond acceptors (Lipinski definition) is 5. The van der Waals surface area contributed by atoms with Gasteiger partial charge >= 0.3 is 0 Å². The summed E-state index contributed by atoms with van der Waals surface area (Å²) in [5, 5.41) is 11.0. The lowest BCUT2D eigenvalue weighted by molar-refractivity contribution is 0.669. The maximum atomic E-state index is 6.67. The number of furan rings is 2. The third kappa shape index (κ3) is 4.64. The van der Waals surface area contributed by atoms with Crippen molar-refractivity contribution in [1.82, 2.24) is 15.0 Å². The molecular weight excluding hydrogens is 687 g/mol. The molecule has 0 fully saturated rings. The van der Waals surface area contributed by atoms with Gasteiger partial charge in [-0.05, 0) is 68.4 Å². The topological polar surface area (TPSA) is 65.0 Å². The van der Waals surface area contributed by atoms with Crippen LogP contribution in [0, 0.1) is 0 Å². The molecule has 0 bridgehead atoms. The summed E-state index contributed by atoms with van der Waals surface area (Å²) in [4.78, 5) is 15.6. The number of nitrogens with zero attached hydrogens (tertiary/aromatic N) is 3. The molecule has 3 aromatic heterocycles. The normalized spacial score (nSPS) is 11.9. The van der Waals surface area contributed by atoms with Crippen molar-refractivity contribution in [1.29, 1.82) is 0 Å². The van der Waals surface area contributed by atoms with Crippen LogP contribution in [0.3, 0.4) is 0 Å². The first-order chi connectivity index (χ1) is 27.7. The predicted octanol–water partition coefficient (Wildman–Crippen LogP) is 13.8. The van der Waals surface area contributed by atoms with Gasteiger partial charge in [0.25, 0.3) is 0 Å². The Labute approximate surface area is 320 Å². The van der Waals surface area contributed by atoms with E-state index < -0.39 is 0 Å². The number of rotatable bonds is 4. The van der Waals surface area contributed by atoms with Gasteiger partial charge in [0.05, 0.1) is 0 Å². The lowest BCUT2D eigenvalue weighted by Gasteiger charge is -2.12. The van der Waals surface area contributed by atoms with E-state index in [1.807, 2.05) is 60.7 Å². The van der Waals surface area contributed by atoms with Crippen molar-refractivity contribution in [3.63, 3.8) is 0 Å². The second-order valence-corrected chi connectivity index (χ2v) is 14.3. The SMILES string of the molecule is c1ccc(-c2nc(-c3ccc4ccc5ccccc5c4c3)nc(-c3cccc4oc5cccc(-c6cc7ccccc7c7oc8ccccc8c67)c5c34)n2)cc1. The van der Waals surface area contributed by atoms with Crippen LogP contribution in [0.1, 0.15) is 0 Å². The molecule has 0 saturated carbocycles. The molecule has 0 saturated heterocycles. The van der Waals surface area contributed by atoms with E-state index in [2.05, 4.69) is 115 Å². The van der Waals surface area contributed by atoms with Gasteiger partial charge in [0.1, 0.15) is 22.3 Å². The molecule has 12 rings (SSSR count). The molecule has 3 heterocycles. The summed E-state index contributed by atoms with van der Waals surface area (Å²) in [5.74, 6) is 1.79. The standard InChI is InChI=1S/C51H29N3O2/c1-2-13-32(14-3-1)49-52-50(34-27-26-31-25-24-30-12-4-6-16-35(30)40(31)29-34)54-51(53-49)39-20-11-23-44-47(39)46-37(19-10-22-43(46)55-44)41-28-33-15-5-7-17-36(33)48-45(41)38-18-8-9-21-42(38)56-48/h1-29H. The quantitative estimate of drug-likeness (QED) is 0.170. The van der Waals surface area contributed by atoms with E-state index in [0.717, 1.165) is 87.9 Å². The Morgan fingerprint density at radius 2 is 0.893 bits per heavy atom. The first-order valence-corrected chi connectivity index (χ1v) is 18.8. The molecule has 0 radical (unpaired) electrons. The lowest BCUT2D eigenvalue weighted by atomic mass is 9.92. The monoisotopic (exact) mass is 715 g/mol. The number of hydrogen-bond donors (Lipinski definition) is 0. The van der Waals surface area contributed by atoms with Crippen LogP contribution < -0.4 is 0 Å². The third-order valence-electron chi connectivity index (χ3n) is 11.1. The zero-order valence-electron chi connectivity index (χ0n) is 29.9. The van der Waals surface area contributed by atoms with Crippen LogP contribution in [0.15, 0.2) is 185 Å². The first kappa shape index (κ1) is 30.8. The highest BCUT2D eigenvalue weighted by molar-refractivity contribution is 6.25. The average molecular weight is 716 g/mol. The van der Waals surface area contributed by atoms with E-state index in [0.29, 0.717) is 17.5 Å². The number of aromatic nitrogens is 3. The van der Waals surface area contributed by atoms with Gasteiger partial charge in [0, 0.05) is 43.6 Å². The number of benzene rings is 9. The van der Waals surface area contributed by atoms with Gasteiger partial charge in [0.15, 0.2) is 17.5 Å². The van der Waals surface area contributed by atoms with Crippen molar-refractivity contribution < 1.29 is 8.83 Å². The van der Waals surface area contributed by atoms with Gasteiger partial charge in [-0.25, -0.2) is 15.0 Å². The highest BCUT2D eigenvalue weighted by atomic mass is 16.3. The summed E-state index contributed by atoms with van der Waals surface area (Å²) < 4.78 is 13.3. The number of para-hydroxylation sites is 1. The Balaban J connectivity index is 1.15. The summed E-state index contributed by atoms with van der Waals surface area (Å²) >= 11 is 0. The van der Waals surface area contributed by atoms with Crippen molar-refractivity contribution in [2.45, 2.75) is 0 Å². The fraction of sp³-hybridized carbons (Fsp3) is 0. The van der Waals surface area contributed by atoms with E-state index in [1.54, 1.807) is 0 Å². The molecule has 9 aromatic carbocycles. The van der Waals surface area contributed by atoms with Gasteiger partial charge in [0.2, 0.25) is 0 Å². The molecule has 0 N–H and O–H groups in total. The maximum absolute atomic E-state index is 6.67. The molecule has 5 nitrogen and oxygen atoms in total. The van der Waals surface area contributed by atoms with Gasteiger partial charge in [-0.2, -0.15) is 0 Å². The van der Waals surface area contributed by atoms with Crippen molar-refractivity contribution in [3.05, 3.63) is 176 Å². The molecule has 5 heteroatoms. The van der Waals surface area contributed by atoms with E-state index in [9.17, 15) is 0 Å². The van der Waals surface area contributed by atoms with Crippen LogP contribution in [-0.4, -0.2) is 15.0 Å². The van der Waals surface area contributed by atoms with Crippen molar-refractivity contribution in [2.75, 3.05) is 0 Å². The Morgan fingerprint density at radius 1 is 0.304 bits per heavy atom. The molecule has 56 heavy (non-hydrogen) atoms. The lowest BCUT2D eigenvalue weighted by Crippen LogP contribution is -2.00. The zero-order valence-corrected chi connectivity index (χ0v) is 29.9. The van der Waals surface area contributed by atoms with Gasteiger partial charge in [-0.3, -0.25) is 0 Å². The Bertz CT molecular complexity index is 3550. The van der Waals surface area contributed by atoms with Crippen LogP contribution in [0.4, 0.5) is 0 Å². The average Bonchev–Trinajstić information content (AvgIpc) is 3.86. The molecule has 12 aromatic rings. The van der Waals surface area contributed by atoms with Crippen LogP contribution in [0.5, 0.6) is 0 Å². The predicted molar refractivity (Wildman–Crippen MR) is 229 cm³/mol. The molecule has 0 atom stereocenters. The van der Waals surface area contributed by atoms with E-state index >= 15 is 0 Å². The Hall–Kier alpha value is -7.63. The summed E-state index contributed by atoms with van der Waals surface area (Å²) in [6.07, 6.45) is 0. The van der Waals surface area contributed by atoms with Crippen molar-refractivity contribution in [3.8, 4) is 45.3 Å². The summed E-state index contributed by atoms with van der Waals surface area (Å²) in [6, 6.07) is 60.9. The second kappa shape index (κ2) is 11.9. The maximum Gasteiger partial charge on any atom is 0.164 e. The molecule has 0 spiro atoms. The van der Waals surface area contributed by atoms with Crippen LogP contribution >= 0.6 is 0 Å². The van der Waals surface area contributed by atoms with Crippen LogP contribution in [0.25, 0.3) is 121 Å². The van der Waals surface area contributed by atoms with Gasteiger partial charge in [-0.15, -0.1) is 0 Å². The smallest absolute Gasteiger partial charge is 0.164 e. The first-order valence-electron chi connectivity index (χ1n) is 18.8. The van der Waals surface area contributed by atoms with Gasteiger partial charge in [-0.1, -0.05) is 146 Å². The molecule has 0 amide bonds. The highest BCUT2D eigenvalue weighted by Crippen LogP contribution is 2.46. The molecule has 0 unspecified atom stereocenters. The van der Waals surface area contributed by atoms with E-state index in [4.69, 9.17) is 23.8 Å². The van der Waals surface area contributed by atoms with Gasteiger partial charge < -0.3 is 8.83 Å². The Morgan fingerprint density at radius 3 is 1.71 bits per heavy atom. The van der Waals surface area contributed by atoms with E-state index in [-0.39, 0.29) is 0 Å². The molecule has 0 aliphatic heterocycles.